The van der Waals surface area contributed by atoms with Crippen molar-refractivity contribution in [1.82, 2.24) is 4.72 Å². The zero-order valence-electron chi connectivity index (χ0n) is 14.5. The molecule has 1 heterocycles. The molecule has 134 valence electrons. The minimum Gasteiger partial charge on any atom is -0.399 e. The number of thiol groups is 1. The number of nitrogens with zero attached hydrogens (tertiary/aromatic N) is 1. The van der Waals surface area contributed by atoms with Crippen LogP contribution in [-0.4, -0.2) is 12.1 Å². The Morgan fingerprint density at radius 2 is 1.67 bits per heavy atom. The van der Waals surface area contributed by atoms with Crippen molar-refractivity contribution in [2.45, 2.75) is 0 Å². The molecule has 0 aliphatic carbocycles. The fourth-order valence-electron chi connectivity index (χ4n) is 2.86. The molecular weight excluding hydrogens is 354 g/mol. The molecule has 3 aromatic carbocycles. The molecule has 0 saturated heterocycles. The van der Waals surface area contributed by atoms with Gasteiger partial charge in [-0.15, -0.1) is 0 Å². The van der Waals surface area contributed by atoms with Crippen LogP contribution in [0.1, 0.15) is 21.5 Å². The average molecular weight is 373 g/mol. The molecule has 0 bridgehead atoms. The maximum Gasteiger partial charge on any atom is 0.261 e. The van der Waals surface area contributed by atoms with Gasteiger partial charge in [0.05, 0.1) is 0 Å². The van der Waals surface area contributed by atoms with Gasteiger partial charge in [-0.2, -0.15) is 0 Å². The first-order valence-electron chi connectivity index (χ1n) is 8.56. The van der Waals surface area contributed by atoms with Crippen LogP contribution >= 0.6 is 11.3 Å². The number of carbonyl (C=O) groups is 1. The van der Waals surface area contributed by atoms with Crippen molar-refractivity contribution >= 4 is 35.2 Å². The van der Waals surface area contributed by atoms with Gasteiger partial charge in [0.25, 0.3) is 5.91 Å². The number of hydrogen-bond acceptors (Lipinski definition) is 3. The van der Waals surface area contributed by atoms with Crippen molar-refractivity contribution in [2.24, 2.45) is 4.40 Å². The summed E-state index contributed by atoms with van der Waals surface area (Å²) in [6, 6.07) is 23.2. The van der Waals surface area contributed by atoms with Gasteiger partial charge in [0.15, 0.2) is 0 Å². The minimum absolute atomic E-state index is 0.131. The molecule has 4 nitrogen and oxygen atoms in total. The molecule has 0 saturated carbocycles. The molecule has 5 heteroatoms. The van der Waals surface area contributed by atoms with Crippen LogP contribution < -0.4 is 10.5 Å². The largest absolute Gasteiger partial charge is 0.399 e. The van der Waals surface area contributed by atoms with Gasteiger partial charge in [-0.1, -0.05) is 59.8 Å². The molecule has 0 aromatic heterocycles. The molecule has 4 rings (SSSR count). The highest BCUT2D eigenvalue weighted by Gasteiger charge is 2.10. The predicted molar refractivity (Wildman–Crippen MR) is 116 cm³/mol. The quantitative estimate of drug-likeness (QED) is 0.464. The number of anilines is 1. The average Bonchev–Trinajstić information content (AvgIpc) is 2.91. The van der Waals surface area contributed by atoms with Gasteiger partial charge < -0.3 is 5.73 Å². The maximum atomic E-state index is 12.6. The Bertz CT molecular complexity index is 1010. The lowest BCUT2D eigenvalue weighted by atomic mass is 10.0. The third-order valence-corrected chi connectivity index (χ3v) is 5.52. The summed E-state index contributed by atoms with van der Waals surface area (Å²) in [6.07, 6.45) is 3.83. The Morgan fingerprint density at radius 3 is 2.44 bits per heavy atom. The molecule has 27 heavy (non-hydrogen) atoms. The van der Waals surface area contributed by atoms with E-state index in [0.717, 1.165) is 27.9 Å². The number of nitrogen functional groups attached to an aromatic ring is 1. The molecule has 1 aliphatic rings. The topological polar surface area (TPSA) is 67.5 Å². The second-order valence-electron chi connectivity index (χ2n) is 6.18. The van der Waals surface area contributed by atoms with E-state index in [-0.39, 0.29) is 5.91 Å². The van der Waals surface area contributed by atoms with E-state index in [4.69, 9.17) is 5.73 Å². The van der Waals surface area contributed by atoms with Crippen LogP contribution in [0.3, 0.4) is 0 Å². The minimum atomic E-state index is -1.09. The molecule has 0 radical (unpaired) electrons. The van der Waals surface area contributed by atoms with Crippen LogP contribution in [0.2, 0.25) is 0 Å². The summed E-state index contributed by atoms with van der Waals surface area (Å²) in [4.78, 5) is 12.6. The highest BCUT2D eigenvalue weighted by atomic mass is 32.2. The summed E-state index contributed by atoms with van der Waals surface area (Å²) in [5.74, 6) is -0.131. The number of hydrogen-bond donors (Lipinski definition) is 3. The van der Waals surface area contributed by atoms with Crippen LogP contribution in [0.15, 0.2) is 82.6 Å². The van der Waals surface area contributed by atoms with Gasteiger partial charge in [0, 0.05) is 23.0 Å². The van der Waals surface area contributed by atoms with Crippen LogP contribution in [0, 0.1) is 0 Å². The fraction of sp³-hybridized carbons (Fsp3) is 0. The SMILES string of the molecule is Nc1cccc(-c2ccc(C(=O)N[SH]3C=Cc4ccccc4C=N3)cc2)c1. The van der Waals surface area contributed by atoms with E-state index >= 15 is 0 Å². The van der Waals surface area contributed by atoms with E-state index in [9.17, 15) is 4.79 Å². The summed E-state index contributed by atoms with van der Waals surface area (Å²) in [7, 11) is 0. The number of nitrogens with two attached hydrogens (primary N) is 1. The van der Waals surface area contributed by atoms with Crippen LogP contribution in [0.4, 0.5) is 5.69 Å². The van der Waals surface area contributed by atoms with Gasteiger partial charge in [-0.05, 0) is 52.4 Å². The second-order valence-corrected chi connectivity index (χ2v) is 7.62. The number of amides is 1. The zero-order chi connectivity index (χ0) is 18.6. The Hall–Kier alpha value is -3.31. The molecule has 1 amide bonds. The molecule has 0 fully saturated rings. The lowest BCUT2D eigenvalue weighted by molar-refractivity contribution is 0.0984. The Labute approximate surface area is 161 Å². The standard InChI is InChI=1S/C22H19N3OS/c23-21-7-3-6-19(14-21)17-8-10-18(11-9-17)22(26)25-27-13-12-16-4-1-2-5-20(16)15-24-27/h1-15,27H,23H2,(H,25,26). The Kier molecular flexibility index (Phi) is 4.77. The third-order valence-electron chi connectivity index (χ3n) is 4.30. The van der Waals surface area contributed by atoms with Crippen molar-refractivity contribution in [2.75, 3.05) is 5.73 Å². The third kappa shape index (κ3) is 3.93. The van der Waals surface area contributed by atoms with Crippen molar-refractivity contribution in [1.29, 1.82) is 0 Å². The van der Waals surface area contributed by atoms with Crippen LogP contribution in [-0.2, 0) is 0 Å². The molecule has 3 aromatic rings. The van der Waals surface area contributed by atoms with Gasteiger partial charge >= 0.3 is 0 Å². The fourth-order valence-corrected chi connectivity index (χ4v) is 3.96. The predicted octanol–water partition coefficient (Wildman–Crippen LogP) is 4.60. The zero-order valence-corrected chi connectivity index (χ0v) is 15.4. The Balaban J connectivity index is 1.48. The number of benzene rings is 3. The summed E-state index contributed by atoms with van der Waals surface area (Å²) in [5.41, 5.74) is 11.4. The first kappa shape index (κ1) is 17.1. The van der Waals surface area contributed by atoms with Gasteiger partial charge in [0.1, 0.15) is 0 Å². The molecule has 1 atom stereocenters. The van der Waals surface area contributed by atoms with E-state index in [1.54, 1.807) is 0 Å². The van der Waals surface area contributed by atoms with Crippen molar-refractivity contribution in [3.05, 3.63) is 94.9 Å². The van der Waals surface area contributed by atoms with E-state index in [0.29, 0.717) is 5.56 Å². The number of carbonyl (C=O) groups excluding carboxylic acids is 1. The number of rotatable bonds is 3. The lowest BCUT2D eigenvalue weighted by Gasteiger charge is -2.13. The first-order chi connectivity index (χ1) is 13.2. The van der Waals surface area contributed by atoms with Crippen LogP contribution in [0.25, 0.3) is 17.2 Å². The van der Waals surface area contributed by atoms with Crippen molar-refractivity contribution in [3.8, 4) is 11.1 Å². The summed E-state index contributed by atoms with van der Waals surface area (Å²) >= 11 is -1.09. The van der Waals surface area contributed by atoms with E-state index in [2.05, 4.69) is 9.12 Å². The van der Waals surface area contributed by atoms with E-state index in [1.807, 2.05) is 90.5 Å². The number of nitrogens with one attached hydrogen (secondary N) is 1. The first-order valence-corrected chi connectivity index (χ1v) is 9.93. The van der Waals surface area contributed by atoms with Crippen molar-refractivity contribution in [3.63, 3.8) is 0 Å². The smallest absolute Gasteiger partial charge is 0.261 e. The normalized spacial score (nSPS) is 16.4. The molecule has 0 spiro atoms. The molecule has 1 unspecified atom stereocenters. The summed E-state index contributed by atoms with van der Waals surface area (Å²) in [6.45, 7) is 0. The van der Waals surface area contributed by atoms with Gasteiger partial charge in [0.2, 0.25) is 0 Å². The second kappa shape index (κ2) is 7.51. The van der Waals surface area contributed by atoms with E-state index < -0.39 is 11.3 Å². The highest BCUT2D eigenvalue weighted by Crippen LogP contribution is 2.29. The molecule has 1 aliphatic heterocycles. The van der Waals surface area contributed by atoms with Crippen molar-refractivity contribution < 1.29 is 4.79 Å². The van der Waals surface area contributed by atoms with Crippen LogP contribution in [0.5, 0.6) is 0 Å². The highest BCUT2D eigenvalue weighted by molar-refractivity contribution is 8.17. The lowest BCUT2D eigenvalue weighted by Crippen LogP contribution is -2.18. The van der Waals surface area contributed by atoms with Gasteiger partial charge in [-0.3, -0.25) is 9.52 Å². The van der Waals surface area contributed by atoms with Gasteiger partial charge in [-0.25, -0.2) is 4.40 Å². The number of fused-ring (bicyclic) bond motifs is 1. The molecule has 3 N–H and O–H groups in total. The monoisotopic (exact) mass is 373 g/mol. The van der Waals surface area contributed by atoms with E-state index in [1.165, 1.54) is 0 Å². The summed E-state index contributed by atoms with van der Waals surface area (Å²) < 4.78 is 7.51. The molecular formula is C22H19N3OS. The Morgan fingerprint density at radius 1 is 0.889 bits per heavy atom. The maximum absolute atomic E-state index is 12.6. The summed E-state index contributed by atoms with van der Waals surface area (Å²) in [5, 5.41) is 1.96.